The van der Waals surface area contributed by atoms with Crippen LogP contribution < -0.4 is 0 Å². The van der Waals surface area contributed by atoms with Gasteiger partial charge in [-0.1, -0.05) is 6.07 Å². The maximum atomic E-state index is 11.0. The van der Waals surface area contributed by atoms with Crippen molar-refractivity contribution in [2.45, 2.75) is 18.8 Å². The predicted molar refractivity (Wildman–Crippen MR) is 61.2 cm³/mol. The number of nitrogens with zero attached hydrogens (tertiary/aromatic N) is 3. The number of aromatic nitrogens is 3. The van der Waals surface area contributed by atoms with Gasteiger partial charge in [0.1, 0.15) is 5.82 Å². The van der Waals surface area contributed by atoms with E-state index in [1.165, 1.54) is 0 Å². The lowest BCUT2D eigenvalue weighted by Gasteiger charge is -2.20. The molecule has 2 aromatic heterocycles. The summed E-state index contributed by atoms with van der Waals surface area (Å²) in [7, 11) is 0. The molecule has 1 saturated heterocycles. The maximum absolute atomic E-state index is 11.0. The van der Waals surface area contributed by atoms with Gasteiger partial charge in [0.05, 0.1) is 12.3 Å². The number of rotatable bonds is 2. The average molecular weight is 231 g/mol. The fraction of sp³-hybridized carbons (Fsp3) is 0.417. The molecular weight excluding hydrogens is 218 g/mol. The molecule has 3 rings (SSSR count). The highest BCUT2D eigenvalue weighted by Crippen LogP contribution is 2.24. The van der Waals surface area contributed by atoms with E-state index in [-0.39, 0.29) is 5.92 Å². The van der Waals surface area contributed by atoms with Crippen LogP contribution in [-0.4, -0.2) is 34.1 Å². The van der Waals surface area contributed by atoms with Crippen molar-refractivity contribution in [3.8, 4) is 0 Å². The van der Waals surface area contributed by atoms with Crippen LogP contribution in [0, 0.1) is 0 Å². The topological polar surface area (TPSA) is 56.5 Å². The smallest absolute Gasteiger partial charge is 0.166 e. The van der Waals surface area contributed by atoms with Gasteiger partial charge < -0.3 is 4.74 Å². The number of aldehydes is 1. The van der Waals surface area contributed by atoms with Gasteiger partial charge in [-0.3, -0.25) is 9.20 Å². The molecule has 0 aromatic carbocycles. The summed E-state index contributed by atoms with van der Waals surface area (Å²) < 4.78 is 7.28. The molecule has 5 heteroatoms. The van der Waals surface area contributed by atoms with E-state index >= 15 is 0 Å². The average Bonchev–Trinajstić information content (AvgIpc) is 2.83. The Hall–Kier alpha value is -1.75. The number of fused-ring (bicyclic) bond motifs is 1. The minimum atomic E-state index is 0.236. The third-order valence-electron chi connectivity index (χ3n) is 3.13. The Morgan fingerprint density at radius 3 is 3.12 bits per heavy atom. The van der Waals surface area contributed by atoms with Gasteiger partial charge in [-0.25, -0.2) is 0 Å². The fourth-order valence-corrected chi connectivity index (χ4v) is 2.29. The van der Waals surface area contributed by atoms with Crippen LogP contribution in [0.1, 0.15) is 35.1 Å². The molecular formula is C12H13N3O2. The third-order valence-corrected chi connectivity index (χ3v) is 3.13. The Balaban J connectivity index is 2.12. The lowest BCUT2D eigenvalue weighted by atomic mass is 10.0. The second kappa shape index (κ2) is 4.25. The minimum absolute atomic E-state index is 0.236. The molecule has 0 radical (unpaired) electrons. The molecule has 88 valence electrons. The molecule has 3 heterocycles. The van der Waals surface area contributed by atoms with Crippen LogP contribution in [0.3, 0.4) is 0 Å². The molecule has 0 saturated carbocycles. The summed E-state index contributed by atoms with van der Waals surface area (Å²) >= 11 is 0. The predicted octanol–water partition coefficient (Wildman–Crippen LogP) is 1.44. The van der Waals surface area contributed by atoms with Gasteiger partial charge in [0, 0.05) is 12.5 Å². The van der Waals surface area contributed by atoms with Crippen molar-refractivity contribution in [3.05, 3.63) is 29.7 Å². The van der Waals surface area contributed by atoms with Crippen molar-refractivity contribution < 1.29 is 9.53 Å². The Labute approximate surface area is 98.4 Å². The van der Waals surface area contributed by atoms with E-state index in [0.29, 0.717) is 12.3 Å². The first-order valence-corrected chi connectivity index (χ1v) is 5.77. The summed E-state index contributed by atoms with van der Waals surface area (Å²) in [6, 6.07) is 5.44. The molecule has 1 fully saturated rings. The van der Waals surface area contributed by atoms with Gasteiger partial charge in [0.2, 0.25) is 0 Å². The van der Waals surface area contributed by atoms with E-state index in [0.717, 1.165) is 37.2 Å². The Morgan fingerprint density at radius 1 is 1.41 bits per heavy atom. The van der Waals surface area contributed by atoms with Crippen LogP contribution >= 0.6 is 0 Å². The highest BCUT2D eigenvalue weighted by atomic mass is 16.5. The van der Waals surface area contributed by atoms with Crippen LogP contribution in [0.5, 0.6) is 0 Å². The Bertz CT molecular complexity index is 544. The first kappa shape index (κ1) is 10.4. The second-order valence-electron chi connectivity index (χ2n) is 4.23. The van der Waals surface area contributed by atoms with E-state index in [9.17, 15) is 4.79 Å². The standard InChI is InChI=1S/C12H13N3O2/c16-7-10-4-1-5-11-13-14-12(15(10)11)9-3-2-6-17-8-9/h1,4-5,7,9H,2-3,6,8H2. The van der Waals surface area contributed by atoms with Gasteiger partial charge in [0.25, 0.3) is 0 Å². The summed E-state index contributed by atoms with van der Waals surface area (Å²) in [5, 5.41) is 8.30. The normalized spacial score (nSPS) is 20.6. The van der Waals surface area contributed by atoms with Crippen molar-refractivity contribution in [1.29, 1.82) is 0 Å². The van der Waals surface area contributed by atoms with E-state index in [1.807, 2.05) is 16.5 Å². The SMILES string of the molecule is O=Cc1cccc2nnc(C3CCCOC3)n12. The minimum Gasteiger partial charge on any atom is -0.381 e. The van der Waals surface area contributed by atoms with Crippen molar-refractivity contribution in [3.63, 3.8) is 0 Å². The molecule has 1 aliphatic heterocycles. The van der Waals surface area contributed by atoms with Gasteiger partial charge >= 0.3 is 0 Å². The van der Waals surface area contributed by atoms with Crippen molar-refractivity contribution in [2.24, 2.45) is 0 Å². The van der Waals surface area contributed by atoms with E-state index in [2.05, 4.69) is 10.2 Å². The molecule has 0 aliphatic carbocycles. The lowest BCUT2D eigenvalue weighted by Crippen LogP contribution is -2.18. The quantitative estimate of drug-likeness (QED) is 0.734. The molecule has 2 aromatic rings. The van der Waals surface area contributed by atoms with Gasteiger partial charge in [-0.15, -0.1) is 10.2 Å². The van der Waals surface area contributed by atoms with Gasteiger partial charge in [0.15, 0.2) is 11.9 Å². The number of carbonyl (C=O) groups excluding carboxylic acids is 1. The Kier molecular flexibility index (Phi) is 2.60. The largest absolute Gasteiger partial charge is 0.381 e. The van der Waals surface area contributed by atoms with E-state index in [4.69, 9.17) is 4.74 Å². The zero-order chi connectivity index (χ0) is 11.7. The monoisotopic (exact) mass is 231 g/mol. The molecule has 0 N–H and O–H groups in total. The second-order valence-corrected chi connectivity index (χ2v) is 4.23. The maximum Gasteiger partial charge on any atom is 0.166 e. The number of carbonyl (C=O) groups is 1. The molecule has 5 nitrogen and oxygen atoms in total. The summed E-state index contributed by atoms with van der Waals surface area (Å²) in [6.07, 6.45) is 2.90. The lowest BCUT2D eigenvalue weighted by molar-refractivity contribution is 0.0776. The van der Waals surface area contributed by atoms with Crippen LogP contribution in [0.4, 0.5) is 0 Å². The van der Waals surface area contributed by atoms with Crippen LogP contribution in [-0.2, 0) is 4.74 Å². The number of hydrogen-bond donors (Lipinski definition) is 0. The molecule has 0 bridgehead atoms. The van der Waals surface area contributed by atoms with Crippen molar-refractivity contribution in [2.75, 3.05) is 13.2 Å². The van der Waals surface area contributed by atoms with E-state index < -0.39 is 0 Å². The molecule has 17 heavy (non-hydrogen) atoms. The van der Waals surface area contributed by atoms with Crippen molar-refractivity contribution >= 4 is 11.9 Å². The number of hydrogen-bond acceptors (Lipinski definition) is 4. The Morgan fingerprint density at radius 2 is 2.35 bits per heavy atom. The van der Waals surface area contributed by atoms with Gasteiger partial charge in [-0.05, 0) is 25.0 Å². The fourth-order valence-electron chi connectivity index (χ4n) is 2.29. The highest BCUT2D eigenvalue weighted by Gasteiger charge is 2.22. The molecule has 1 aliphatic rings. The van der Waals surface area contributed by atoms with Crippen LogP contribution in [0.25, 0.3) is 5.65 Å². The molecule has 0 spiro atoms. The molecule has 1 atom stereocenters. The number of ether oxygens (including phenoxy) is 1. The van der Waals surface area contributed by atoms with E-state index in [1.54, 1.807) is 6.07 Å². The third kappa shape index (κ3) is 1.72. The summed E-state index contributed by atoms with van der Waals surface area (Å²) in [6.45, 7) is 1.47. The zero-order valence-corrected chi connectivity index (χ0v) is 9.37. The molecule has 0 amide bonds. The number of pyridine rings is 1. The zero-order valence-electron chi connectivity index (χ0n) is 9.37. The van der Waals surface area contributed by atoms with Crippen molar-refractivity contribution in [1.82, 2.24) is 14.6 Å². The van der Waals surface area contributed by atoms with Crippen LogP contribution in [0.15, 0.2) is 18.2 Å². The first-order chi connectivity index (χ1) is 8.40. The summed E-state index contributed by atoms with van der Waals surface area (Å²) in [5.41, 5.74) is 1.31. The molecule has 1 unspecified atom stereocenters. The van der Waals surface area contributed by atoms with Crippen LogP contribution in [0.2, 0.25) is 0 Å². The first-order valence-electron chi connectivity index (χ1n) is 5.77. The van der Waals surface area contributed by atoms with Gasteiger partial charge in [-0.2, -0.15) is 0 Å². The summed E-state index contributed by atoms with van der Waals surface area (Å²) in [5.74, 6) is 1.07. The summed E-state index contributed by atoms with van der Waals surface area (Å²) in [4.78, 5) is 11.0. The highest BCUT2D eigenvalue weighted by molar-refractivity contribution is 5.74.